The molecule has 3 aliphatic heterocycles. The lowest BCUT2D eigenvalue weighted by Crippen LogP contribution is -2.52. The van der Waals surface area contributed by atoms with Crippen molar-refractivity contribution in [3.8, 4) is 0 Å². The molecule has 18 heteroatoms. The minimum absolute atomic E-state index is 0.0493. The molecule has 73 heavy (non-hydrogen) atoms. The highest BCUT2D eigenvalue weighted by Crippen LogP contribution is 2.56. The number of carbonyl (C=O) groups excluding carboxylic acids is 6. The second-order valence-corrected chi connectivity index (χ2v) is 21.8. The number of carbonyl (C=O) groups is 6. The van der Waals surface area contributed by atoms with Crippen molar-refractivity contribution in [3.05, 3.63) is 85.1 Å². The fourth-order valence-corrected chi connectivity index (χ4v) is 13.5. The predicted molar refractivity (Wildman–Crippen MR) is 259 cm³/mol. The van der Waals surface area contributed by atoms with Crippen molar-refractivity contribution >= 4 is 35.6 Å². The van der Waals surface area contributed by atoms with Crippen molar-refractivity contribution in [1.82, 2.24) is 0 Å². The summed E-state index contributed by atoms with van der Waals surface area (Å²) in [5.74, 6) is -7.27. The second-order valence-electron chi connectivity index (χ2n) is 21.8. The van der Waals surface area contributed by atoms with Gasteiger partial charge >= 0.3 is 29.8 Å². The van der Waals surface area contributed by atoms with Gasteiger partial charge in [0.25, 0.3) is 0 Å². The number of rotatable bonds is 8. The van der Waals surface area contributed by atoms with Gasteiger partial charge in [-0.2, -0.15) is 0 Å². The molecule has 21 unspecified atom stereocenters. The van der Waals surface area contributed by atoms with Crippen molar-refractivity contribution in [1.29, 1.82) is 0 Å². The molecule has 0 amide bonds. The van der Waals surface area contributed by atoms with Crippen LogP contribution in [0, 0.1) is 65.1 Å². The highest BCUT2D eigenvalue weighted by atomic mass is 16.6. The van der Waals surface area contributed by atoms with Crippen LogP contribution in [0.5, 0.6) is 0 Å². The van der Waals surface area contributed by atoms with Crippen LogP contribution in [-0.4, -0.2) is 145 Å². The highest BCUT2D eigenvalue weighted by molar-refractivity contribution is 5.92. The topological polar surface area (TPSA) is 290 Å². The summed E-state index contributed by atoms with van der Waals surface area (Å²) in [6, 6.07) is 0. The van der Waals surface area contributed by atoms with Crippen molar-refractivity contribution < 1.29 is 88.2 Å². The molecule has 0 radical (unpaired) electrons. The lowest BCUT2D eigenvalue weighted by atomic mass is 9.75. The van der Waals surface area contributed by atoms with Crippen LogP contribution in [0.15, 0.2) is 85.1 Å². The third-order valence-corrected chi connectivity index (χ3v) is 17.9. The molecule has 9 rings (SSSR count). The highest BCUT2D eigenvalue weighted by Gasteiger charge is 2.67. The molecule has 0 aromatic heterocycles. The number of ketones is 1. The summed E-state index contributed by atoms with van der Waals surface area (Å²) in [5, 5.41) is 71.4. The molecule has 400 valence electrons. The van der Waals surface area contributed by atoms with Gasteiger partial charge in [0.2, 0.25) is 0 Å². The van der Waals surface area contributed by atoms with Gasteiger partial charge in [-0.1, -0.05) is 90.5 Å². The van der Waals surface area contributed by atoms with Gasteiger partial charge in [-0.3, -0.25) is 4.79 Å². The Bertz CT molecular complexity index is 2380. The number of hydrogen-bond acceptors (Lipinski definition) is 18. The fourth-order valence-electron chi connectivity index (χ4n) is 13.5. The molecule has 9 aliphatic rings. The SMILES string of the molecule is C=C(CC)C(=O)OC1CC(=C)C2CC(O)C(=C)C2C2OC(=O)C(=C)C12.C=C(CC)C(=O)OC1CC(=C)C2CC(O)C(C)C2C2OC(=O)C(O)(CO)C12.C=C1CC(O)C2C(OC(=O)C2(O)CO)C2C(C)C(=O)CC12. The number of ether oxygens (including phenoxy) is 5. The maximum absolute atomic E-state index is 12.4. The van der Waals surface area contributed by atoms with Gasteiger partial charge in [-0.05, 0) is 61.3 Å². The molecule has 0 bridgehead atoms. The molecule has 9 fully saturated rings. The molecule has 0 spiro atoms. The summed E-state index contributed by atoms with van der Waals surface area (Å²) < 4.78 is 27.7. The van der Waals surface area contributed by atoms with E-state index in [0.717, 1.165) is 16.7 Å². The Kier molecular flexibility index (Phi) is 15.9. The number of Topliss-reactive ketones (excluding diaryl/α,β-unsaturated/α-hetero) is 1. The maximum atomic E-state index is 12.4. The molecule has 6 saturated carbocycles. The van der Waals surface area contributed by atoms with E-state index in [1.807, 2.05) is 13.8 Å². The number of esters is 5. The predicted octanol–water partition coefficient (Wildman–Crippen LogP) is 2.61. The Morgan fingerprint density at radius 1 is 0.630 bits per heavy atom. The molecule has 0 aromatic rings. The van der Waals surface area contributed by atoms with Crippen molar-refractivity contribution in [2.75, 3.05) is 13.2 Å². The van der Waals surface area contributed by atoms with E-state index in [1.165, 1.54) is 0 Å². The molecular formula is C55H72O18. The van der Waals surface area contributed by atoms with Crippen LogP contribution in [0.1, 0.15) is 79.1 Å². The molecule has 7 N–H and O–H groups in total. The van der Waals surface area contributed by atoms with Gasteiger partial charge in [0, 0.05) is 59.7 Å². The molecule has 21 atom stereocenters. The smallest absolute Gasteiger partial charge is 0.341 e. The summed E-state index contributed by atoms with van der Waals surface area (Å²) in [7, 11) is 0. The Labute approximate surface area is 425 Å². The third-order valence-electron chi connectivity index (χ3n) is 17.9. The normalized spacial score (nSPS) is 43.1. The van der Waals surface area contributed by atoms with Crippen LogP contribution in [0.25, 0.3) is 0 Å². The lowest BCUT2D eigenvalue weighted by molar-refractivity contribution is -0.165. The Morgan fingerprint density at radius 3 is 1.70 bits per heavy atom. The Balaban J connectivity index is 0.000000161. The molecule has 18 nitrogen and oxygen atoms in total. The van der Waals surface area contributed by atoms with Gasteiger partial charge in [0.1, 0.15) is 36.3 Å². The quantitative estimate of drug-likeness (QED) is 0.0796. The van der Waals surface area contributed by atoms with Crippen molar-refractivity contribution in [2.24, 2.45) is 65.1 Å². The van der Waals surface area contributed by atoms with Crippen LogP contribution < -0.4 is 0 Å². The van der Waals surface area contributed by atoms with E-state index >= 15 is 0 Å². The minimum atomic E-state index is -2.16. The molecule has 0 aromatic carbocycles. The van der Waals surface area contributed by atoms with Crippen LogP contribution in [0.3, 0.4) is 0 Å². The van der Waals surface area contributed by atoms with Crippen molar-refractivity contribution in [2.45, 2.75) is 139 Å². The molecular weight excluding hydrogens is 949 g/mol. The lowest BCUT2D eigenvalue weighted by Gasteiger charge is -2.34. The average molecular weight is 1020 g/mol. The first-order valence-electron chi connectivity index (χ1n) is 25.3. The zero-order valence-electron chi connectivity index (χ0n) is 42.1. The van der Waals surface area contributed by atoms with Gasteiger partial charge < -0.3 is 59.4 Å². The van der Waals surface area contributed by atoms with Crippen LogP contribution in [0.2, 0.25) is 0 Å². The largest absolute Gasteiger partial charge is 0.459 e. The molecule has 6 aliphatic carbocycles. The summed E-state index contributed by atoms with van der Waals surface area (Å²) in [6.45, 7) is 33.1. The van der Waals surface area contributed by atoms with E-state index < -0.39 is 121 Å². The van der Waals surface area contributed by atoms with Crippen LogP contribution >= 0.6 is 0 Å². The first-order valence-corrected chi connectivity index (χ1v) is 25.3. The van der Waals surface area contributed by atoms with Gasteiger partial charge in [0.15, 0.2) is 11.2 Å². The van der Waals surface area contributed by atoms with Gasteiger partial charge in [-0.15, -0.1) is 0 Å². The van der Waals surface area contributed by atoms with E-state index in [-0.39, 0.29) is 71.5 Å². The summed E-state index contributed by atoms with van der Waals surface area (Å²) in [5.41, 5.74) is -0.256. The standard InChI is InChI=1S/C20H28O7.C20H24O5.C15H20O6/c1-5-9(2)18(23)26-14-6-10(3)12-7-13(22)11(4)15(12)17-16(14)20(25,8-21)19(24)27-17;1-6-9(2)19(22)24-15-7-10(3)13-8-14(21)11(4)16(13)18-17(15)12(5)20(23)25-18;1-6-3-10(18)12-13(21-14(19)15(12,20)5-16)11-7(2)9(17)4-8(6)11/h11-17,21-22,25H,2-3,5-8H2,1,4H3;13-18,21H,2-8H2,1H3;7-8,10-13,16,18,20H,1,3-5H2,2H3. The number of aliphatic hydroxyl groups is 7. The summed E-state index contributed by atoms with van der Waals surface area (Å²) in [4.78, 5) is 73.1. The number of fused-ring (bicyclic) bond motifs is 9. The van der Waals surface area contributed by atoms with E-state index in [0.29, 0.717) is 55.2 Å². The number of aliphatic hydroxyl groups excluding tert-OH is 5. The van der Waals surface area contributed by atoms with Crippen LogP contribution in [0.4, 0.5) is 0 Å². The summed E-state index contributed by atoms with van der Waals surface area (Å²) >= 11 is 0. The molecule has 3 heterocycles. The summed E-state index contributed by atoms with van der Waals surface area (Å²) in [6.07, 6.45) is -2.75. The average Bonchev–Trinajstić information content (AvgIpc) is 4.09. The zero-order chi connectivity index (χ0) is 54.1. The Hall–Kier alpha value is -5.08. The zero-order valence-corrected chi connectivity index (χ0v) is 42.1. The van der Waals surface area contributed by atoms with E-state index in [9.17, 15) is 64.5 Å². The van der Waals surface area contributed by atoms with E-state index in [1.54, 1.807) is 13.8 Å². The number of hydrogen-bond donors (Lipinski definition) is 7. The third kappa shape index (κ3) is 9.43. The van der Waals surface area contributed by atoms with E-state index in [2.05, 4.69) is 46.1 Å². The molecule has 3 saturated heterocycles. The Morgan fingerprint density at radius 2 is 1.14 bits per heavy atom. The van der Waals surface area contributed by atoms with Crippen LogP contribution in [-0.2, 0) is 52.5 Å². The fraction of sp³-hybridized carbons (Fsp3) is 0.636. The first-order chi connectivity index (χ1) is 34.2. The van der Waals surface area contributed by atoms with Gasteiger partial charge in [-0.25, -0.2) is 24.0 Å². The maximum Gasteiger partial charge on any atom is 0.341 e. The van der Waals surface area contributed by atoms with E-state index in [4.69, 9.17) is 23.7 Å². The second kappa shape index (κ2) is 20.9. The van der Waals surface area contributed by atoms with Crippen molar-refractivity contribution in [3.63, 3.8) is 0 Å². The minimum Gasteiger partial charge on any atom is -0.459 e. The first kappa shape index (κ1) is 55.7. The van der Waals surface area contributed by atoms with Gasteiger partial charge in [0.05, 0.1) is 49.3 Å². The monoisotopic (exact) mass is 1020 g/mol.